The number of para-hydroxylation sites is 2. The number of aryl methyl sites for hydroxylation is 1. The standard InChI is InChI=1S/C23H27N3O3S/c1-15(2)18-10-12-19(13-11-18)26-16(3)14-20(17(26)4)23(27)24-21-8-6-7-9-22(21)25-30(5,28)29/h6-15,25H,1-5H3,(H,24,27). The first kappa shape index (κ1) is 21.6. The lowest BCUT2D eigenvalue weighted by atomic mass is 10.0. The van der Waals surface area contributed by atoms with Crippen LogP contribution in [0.15, 0.2) is 54.6 Å². The van der Waals surface area contributed by atoms with Crippen molar-refractivity contribution in [3.63, 3.8) is 0 Å². The number of amides is 1. The molecule has 0 aliphatic carbocycles. The predicted molar refractivity (Wildman–Crippen MR) is 122 cm³/mol. The van der Waals surface area contributed by atoms with Crippen LogP contribution in [0.1, 0.15) is 47.1 Å². The zero-order valence-electron chi connectivity index (χ0n) is 17.9. The monoisotopic (exact) mass is 425 g/mol. The summed E-state index contributed by atoms with van der Waals surface area (Å²) < 4.78 is 27.7. The summed E-state index contributed by atoms with van der Waals surface area (Å²) in [4.78, 5) is 13.0. The van der Waals surface area contributed by atoms with E-state index >= 15 is 0 Å². The van der Waals surface area contributed by atoms with Crippen LogP contribution in [0.5, 0.6) is 0 Å². The smallest absolute Gasteiger partial charge is 0.257 e. The Morgan fingerprint density at radius 2 is 1.57 bits per heavy atom. The quantitative estimate of drug-likeness (QED) is 0.593. The van der Waals surface area contributed by atoms with Gasteiger partial charge in [0.15, 0.2) is 0 Å². The molecule has 158 valence electrons. The average Bonchev–Trinajstić information content (AvgIpc) is 2.96. The normalized spacial score (nSPS) is 11.5. The van der Waals surface area contributed by atoms with Gasteiger partial charge in [-0.2, -0.15) is 0 Å². The van der Waals surface area contributed by atoms with Crippen LogP contribution < -0.4 is 10.0 Å². The molecule has 3 rings (SSSR count). The number of nitrogens with one attached hydrogen (secondary N) is 2. The second kappa shape index (κ2) is 8.36. The molecule has 0 unspecified atom stereocenters. The van der Waals surface area contributed by atoms with E-state index in [1.807, 2.05) is 24.5 Å². The first-order valence-corrected chi connectivity index (χ1v) is 11.6. The van der Waals surface area contributed by atoms with Crippen LogP contribution >= 0.6 is 0 Å². The topological polar surface area (TPSA) is 80.2 Å². The second-order valence-corrected chi connectivity index (χ2v) is 9.49. The third kappa shape index (κ3) is 4.74. The van der Waals surface area contributed by atoms with Crippen molar-refractivity contribution in [2.45, 2.75) is 33.6 Å². The predicted octanol–water partition coefficient (Wildman–Crippen LogP) is 4.84. The van der Waals surface area contributed by atoms with Crippen molar-refractivity contribution in [1.29, 1.82) is 0 Å². The van der Waals surface area contributed by atoms with Crippen molar-refractivity contribution >= 4 is 27.3 Å². The van der Waals surface area contributed by atoms with Gasteiger partial charge in [-0.1, -0.05) is 38.1 Å². The van der Waals surface area contributed by atoms with Crippen LogP contribution in [0.3, 0.4) is 0 Å². The van der Waals surface area contributed by atoms with E-state index in [0.717, 1.165) is 23.3 Å². The molecule has 1 heterocycles. The van der Waals surface area contributed by atoms with Crippen molar-refractivity contribution in [1.82, 2.24) is 4.57 Å². The summed E-state index contributed by atoms with van der Waals surface area (Å²) in [5.74, 6) is 0.156. The van der Waals surface area contributed by atoms with E-state index in [0.29, 0.717) is 22.9 Å². The van der Waals surface area contributed by atoms with Gasteiger partial charge in [-0.15, -0.1) is 0 Å². The Morgan fingerprint density at radius 1 is 0.967 bits per heavy atom. The maximum Gasteiger partial charge on any atom is 0.257 e. The van der Waals surface area contributed by atoms with E-state index in [1.54, 1.807) is 24.3 Å². The number of carbonyl (C=O) groups is 1. The number of rotatable bonds is 6. The number of benzene rings is 2. The van der Waals surface area contributed by atoms with E-state index in [4.69, 9.17) is 0 Å². The Kier molecular flexibility index (Phi) is 6.03. The summed E-state index contributed by atoms with van der Waals surface area (Å²) in [6.45, 7) is 8.17. The molecule has 0 saturated carbocycles. The highest BCUT2D eigenvalue weighted by Gasteiger charge is 2.18. The fraction of sp³-hybridized carbons (Fsp3) is 0.261. The van der Waals surface area contributed by atoms with Crippen LogP contribution in [-0.2, 0) is 10.0 Å². The number of nitrogens with zero attached hydrogens (tertiary/aromatic N) is 1. The van der Waals surface area contributed by atoms with Gasteiger partial charge in [-0.3, -0.25) is 9.52 Å². The van der Waals surface area contributed by atoms with Crippen LogP contribution in [0.25, 0.3) is 5.69 Å². The van der Waals surface area contributed by atoms with Gasteiger partial charge in [0.05, 0.1) is 23.2 Å². The maximum atomic E-state index is 13.0. The molecule has 2 N–H and O–H groups in total. The summed E-state index contributed by atoms with van der Waals surface area (Å²) in [7, 11) is -3.46. The van der Waals surface area contributed by atoms with Gasteiger partial charge in [0.25, 0.3) is 5.91 Å². The highest BCUT2D eigenvalue weighted by atomic mass is 32.2. The lowest BCUT2D eigenvalue weighted by Crippen LogP contribution is -2.16. The van der Waals surface area contributed by atoms with E-state index in [9.17, 15) is 13.2 Å². The zero-order chi connectivity index (χ0) is 22.1. The lowest BCUT2D eigenvalue weighted by Gasteiger charge is -2.13. The minimum Gasteiger partial charge on any atom is -0.320 e. The maximum absolute atomic E-state index is 13.0. The summed E-state index contributed by atoms with van der Waals surface area (Å²) in [6, 6.07) is 16.9. The van der Waals surface area contributed by atoms with Gasteiger partial charge in [-0.25, -0.2) is 8.42 Å². The van der Waals surface area contributed by atoms with Crippen molar-refractivity contribution in [3.8, 4) is 5.69 Å². The number of hydrogen-bond acceptors (Lipinski definition) is 3. The van der Waals surface area contributed by atoms with Crippen LogP contribution in [0, 0.1) is 13.8 Å². The number of aromatic nitrogens is 1. The number of sulfonamides is 1. The van der Waals surface area contributed by atoms with Gasteiger partial charge in [0, 0.05) is 17.1 Å². The van der Waals surface area contributed by atoms with Gasteiger partial charge in [-0.05, 0) is 55.7 Å². The molecule has 0 aliphatic rings. The zero-order valence-corrected chi connectivity index (χ0v) is 18.7. The Bertz CT molecular complexity index is 1180. The molecule has 1 amide bonds. The highest BCUT2D eigenvalue weighted by Crippen LogP contribution is 2.26. The molecular weight excluding hydrogens is 398 g/mol. The molecule has 1 aromatic heterocycles. The molecule has 0 spiro atoms. The molecule has 7 heteroatoms. The Hall–Kier alpha value is -3.06. The van der Waals surface area contributed by atoms with Crippen LogP contribution in [0.4, 0.5) is 11.4 Å². The van der Waals surface area contributed by atoms with Crippen molar-refractivity contribution in [2.24, 2.45) is 0 Å². The number of anilines is 2. The number of carbonyl (C=O) groups excluding carboxylic acids is 1. The molecule has 0 radical (unpaired) electrons. The molecule has 30 heavy (non-hydrogen) atoms. The van der Waals surface area contributed by atoms with Crippen molar-refractivity contribution in [3.05, 3.63) is 77.1 Å². The average molecular weight is 426 g/mol. The minimum atomic E-state index is -3.46. The molecule has 0 aliphatic heterocycles. The highest BCUT2D eigenvalue weighted by molar-refractivity contribution is 7.92. The van der Waals surface area contributed by atoms with Crippen LogP contribution in [-0.4, -0.2) is 25.1 Å². The molecule has 0 fully saturated rings. The van der Waals surface area contributed by atoms with Gasteiger partial charge in [0.1, 0.15) is 0 Å². The SMILES string of the molecule is Cc1cc(C(=O)Nc2ccccc2NS(C)(=O)=O)c(C)n1-c1ccc(C(C)C)cc1. The third-order valence-electron chi connectivity index (χ3n) is 4.96. The van der Waals surface area contributed by atoms with Crippen molar-refractivity contribution < 1.29 is 13.2 Å². The Balaban J connectivity index is 1.91. The summed E-state index contributed by atoms with van der Waals surface area (Å²) >= 11 is 0. The molecule has 3 aromatic rings. The molecular formula is C23H27N3O3S. The molecule has 2 aromatic carbocycles. The molecule has 0 atom stereocenters. The third-order valence-corrected chi connectivity index (χ3v) is 5.56. The summed E-state index contributed by atoms with van der Waals surface area (Å²) in [6.07, 6.45) is 1.07. The Labute approximate surface area is 178 Å². The van der Waals surface area contributed by atoms with Gasteiger partial charge < -0.3 is 9.88 Å². The fourth-order valence-corrected chi connectivity index (χ4v) is 4.05. The fourth-order valence-electron chi connectivity index (χ4n) is 3.47. The summed E-state index contributed by atoms with van der Waals surface area (Å²) in [5, 5.41) is 2.83. The lowest BCUT2D eigenvalue weighted by molar-refractivity contribution is 0.102. The first-order chi connectivity index (χ1) is 14.1. The Morgan fingerprint density at radius 3 is 2.13 bits per heavy atom. The summed E-state index contributed by atoms with van der Waals surface area (Å²) in [5.41, 5.74) is 5.27. The number of hydrogen-bond donors (Lipinski definition) is 2. The van der Waals surface area contributed by atoms with Crippen molar-refractivity contribution in [2.75, 3.05) is 16.3 Å². The molecule has 0 bridgehead atoms. The minimum absolute atomic E-state index is 0.295. The van der Waals surface area contributed by atoms with E-state index in [-0.39, 0.29) is 5.91 Å². The van der Waals surface area contributed by atoms with E-state index in [2.05, 4.69) is 48.2 Å². The van der Waals surface area contributed by atoms with E-state index < -0.39 is 10.0 Å². The van der Waals surface area contributed by atoms with Gasteiger partial charge >= 0.3 is 0 Å². The second-order valence-electron chi connectivity index (χ2n) is 7.74. The molecule has 6 nitrogen and oxygen atoms in total. The van der Waals surface area contributed by atoms with Gasteiger partial charge in [0.2, 0.25) is 10.0 Å². The van der Waals surface area contributed by atoms with E-state index in [1.165, 1.54) is 5.56 Å². The largest absolute Gasteiger partial charge is 0.320 e. The van der Waals surface area contributed by atoms with Crippen LogP contribution in [0.2, 0.25) is 0 Å². The molecule has 0 saturated heterocycles. The first-order valence-electron chi connectivity index (χ1n) is 9.74.